The molecular formula is C27H53O5SSi. The van der Waals surface area contributed by atoms with Gasteiger partial charge < -0.3 is 13.9 Å². The first-order valence-corrected chi connectivity index (χ1v) is 14.4. The third-order valence-electron chi connectivity index (χ3n) is 6.33. The molecule has 0 aliphatic rings. The molecule has 0 aliphatic heterocycles. The lowest BCUT2D eigenvalue weighted by molar-refractivity contribution is -0.246. The maximum Gasteiger partial charge on any atom is 0.353 e. The van der Waals surface area contributed by atoms with Gasteiger partial charge in [0, 0.05) is 27.1 Å². The summed E-state index contributed by atoms with van der Waals surface area (Å²) in [7, 11) is 5.93. The van der Waals surface area contributed by atoms with Crippen molar-refractivity contribution in [1.82, 2.24) is 0 Å². The van der Waals surface area contributed by atoms with Crippen LogP contribution in [0.5, 0.6) is 0 Å². The van der Waals surface area contributed by atoms with Crippen molar-refractivity contribution in [1.29, 1.82) is 0 Å². The van der Waals surface area contributed by atoms with Crippen molar-refractivity contribution < 1.29 is 23.5 Å². The van der Waals surface area contributed by atoms with E-state index in [1.807, 2.05) is 0 Å². The van der Waals surface area contributed by atoms with Gasteiger partial charge in [-0.15, -0.1) is 12.6 Å². The van der Waals surface area contributed by atoms with Gasteiger partial charge >= 0.3 is 16.5 Å². The average Bonchev–Trinajstić information content (AvgIpc) is 2.82. The number of unbranched alkanes of at least 4 members (excludes halogenated alkanes) is 14. The molecule has 1 atom stereocenters. The summed E-state index contributed by atoms with van der Waals surface area (Å²) in [6.07, 6.45) is 22.6. The third-order valence-corrected chi connectivity index (χ3v) is 6.52. The highest BCUT2D eigenvalue weighted by molar-refractivity contribution is 7.96. The fourth-order valence-corrected chi connectivity index (χ4v) is 4.54. The van der Waals surface area contributed by atoms with Crippen LogP contribution in [0.3, 0.4) is 0 Å². The van der Waals surface area contributed by atoms with Crippen LogP contribution in [-0.4, -0.2) is 41.6 Å². The van der Waals surface area contributed by atoms with Gasteiger partial charge in [0.1, 0.15) is 0 Å². The lowest BCUT2D eigenvalue weighted by atomic mass is 9.87. The first-order chi connectivity index (χ1) is 16.4. The van der Waals surface area contributed by atoms with Gasteiger partial charge in [-0.05, 0) is 12.8 Å². The Morgan fingerprint density at radius 1 is 0.706 bits per heavy atom. The Balaban J connectivity index is 0. The Hall–Kier alpha value is -0.373. The van der Waals surface area contributed by atoms with Gasteiger partial charge in [0.15, 0.2) is 5.12 Å². The molecule has 0 fully saturated rings. The van der Waals surface area contributed by atoms with Gasteiger partial charge in [-0.25, -0.2) is 4.79 Å². The monoisotopic (exact) mass is 517 g/mol. The molecule has 0 bridgehead atoms. The second-order valence-electron chi connectivity index (χ2n) is 9.21. The van der Waals surface area contributed by atoms with E-state index in [1.165, 1.54) is 98.2 Å². The van der Waals surface area contributed by atoms with Gasteiger partial charge in [-0.2, -0.15) is 0 Å². The minimum absolute atomic E-state index is 0.00982. The molecule has 0 heterocycles. The number of ether oxygens (including phenoxy) is 2. The zero-order valence-corrected chi connectivity index (χ0v) is 24.7. The molecule has 0 rings (SSSR count). The molecule has 0 spiro atoms. The van der Waals surface area contributed by atoms with Crippen molar-refractivity contribution in [2.24, 2.45) is 5.92 Å². The molecule has 0 amide bonds. The Morgan fingerprint density at radius 3 is 1.32 bits per heavy atom. The number of carbonyl (C=O) groups excluding carboxylic acids is 2. The molecule has 0 saturated carbocycles. The van der Waals surface area contributed by atoms with Crippen LogP contribution in [0.25, 0.3) is 0 Å². The molecule has 7 heteroatoms. The second-order valence-corrected chi connectivity index (χ2v) is 10.0. The highest BCUT2D eigenvalue weighted by Crippen LogP contribution is 2.33. The Morgan fingerprint density at radius 2 is 1.00 bits per heavy atom. The number of hydrogen-bond acceptors (Lipinski definition) is 5. The van der Waals surface area contributed by atoms with E-state index in [1.54, 1.807) is 0 Å². The van der Waals surface area contributed by atoms with E-state index >= 15 is 0 Å². The molecule has 5 nitrogen and oxygen atoms in total. The van der Waals surface area contributed by atoms with Gasteiger partial charge in [-0.1, -0.05) is 117 Å². The zero-order valence-electron chi connectivity index (χ0n) is 22.8. The number of thiol groups is 1. The van der Waals surface area contributed by atoms with E-state index < -0.39 is 11.8 Å². The Bertz CT molecular complexity index is 468. The van der Waals surface area contributed by atoms with Gasteiger partial charge in [0.25, 0.3) is 5.79 Å². The first-order valence-electron chi connectivity index (χ1n) is 13.5. The minimum Gasteiger partial charge on any atom is -0.512 e. The van der Waals surface area contributed by atoms with Crippen LogP contribution in [0.4, 0.5) is 0 Å². The smallest absolute Gasteiger partial charge is 0.353 e. The first kappa shape index (κ1) is 35.8. The molecule has 34 heavy (non-hydrogen) atoms. The van der Waals surface area contributed by atoms with E-state index in [9.17, 15) is 9.59 Å². The summed E-state index contributed by atoms with van der Waals surface area (Å²) >= 11 is 3.33. The lowest BCUT2D eigenvalue weighted by Crippen LogP contribution is -2.50. The zero-order chi connectivity index (χ0) is 26.1. The summed E-state index contributed by atoms with van der Waals surface area (Å²) in [4.78, 5) is 21.7. The van der Waals surface area contributed by atoms with Gasteiger partial charge in [0.2, 0.25) is 0 Å². The molecule has 0 aliphatic carbocycles. The fraction of sp³-hybridized carbons (Fsp3) is 0.926. The maximum atomic E-state index is 12.4. The van der Waals surface area contributed by atoms with Crippen molar-refractivity contribution in [3.8, 4) is 0 Å². The van der Waals surface area contributed by atoms with Crippen molar-refractivity contribution in [2.45, 2.75) is 142 Å². The number of carbonyl (C=O) groups is 2. The molecule has 201 valence electrons. The number of rotatable bonds is 22. The highest BCUT2D eigenvalue weighted by atomic mass is 32.1. The van der Waals surface area contributed by atoms with Crippen molar-refractivity contribution in [2.75, 3.05) is 14.2 Å². The molecule has 3 radical (unpaired) electrons. The van der Waals surface area contributed by atoms with E-state index in [0.717, 1.165) is 38.5 Å². The summed E-state index contributed by atoms with van der Waals surface area (Å²) < 4.78 is 16.0. The summed E-state index contributed by atoms with van der Waals surface area (Å²) in [5, 5.41) is -0.139. The molecule has 0 saturated heterocycles. The summed E-state index contributed by atoms with van der Waals surface area (Å²) in [6.45, 7) is 5.85. The normalized spacial score (nSPS) is 12.1. The molecule has 1 unspecified atom stereocenters. The largest absolute Gasteiger partial charge is 0.512 e. The van der Waals surface area contributed by atoms with E-state index in [4.69, 9.17) is 13.9 Å². The van der Waals surface area contributed by atoms with E-state index in [2.05, 4.69) is 37.0 Å². The van der Waals surface area contributed by atoms with E-state index in [0.29, 0.717) is 0 Å². The topological polar surface area (TPSA) is 61.8 Å². The Kier molecular flexibility index (Phi) is 27.1. The van der Waals surface area contributed by atoms with Gasteiger partial charge in [0.05, 0.1) is 0 Å². The predicted octanol–water partition coefficient (Wildman–Crippen LogP) is 7.74. The number of methoxy groups -OCH3 is 2. The van der Waals surface area contributed by atoms with Crippen LogP contribution in [0, 0.1) is 5.92 Å². The summed E-state index contributed by atoms with van der Waals surface area (Å²) in [6, 6.07) is 0. The standard InChI is InChI=1S/C25H49O4Si.C2H4OS/c1-5-7-9-10-11-12-13-14-15-16-17-18-20-22-23(21-19-8-6-2)25(27-3,28-4)24(26)29-30;1-2(3)4/h23H,5-22H2,1-4H3;1H3,(H,3,4). The number of hydrogen-bond donors (Lipinski definition) is 1. The van der Waals surface area contributed by atoms with Crippen molar-refractivity contribution in [3.63, 3.8) is 0 Å². The van der Waals surface area contributed by atoms with Crippen LogP contribution in [0.15, 0.2) is 0 Å². The van der Waals surface area contributed by atoms with Crippen LogP contribution in [-0.2, 0) is 23.5 Å². The fourth-order valence-electron chi connectivity index (χ4n) is 4.39. The van der Waals surface area contributed by atoms with Crippen LogP contribution in [0.2, 0.25) is 0 Å². The SMILES string of the molecule is CC(=O)S.CCCCCCCCCCCCCCCC(CCCCC)C(OC)(OC)C(=O)O[Si]. The molecule has 0 aromatic rings. The van der Waals surface area contributed by atoms with Crippen LogP contribution < -0.4 is 0 Å². The van der Waals surface area contributed by atoms with Crippen LogP contribution in [0.1, 0.15) is 136 Å². The van der Waals surface area contributed by atoms with Crippen molar-refractivity contribution in [3.05, 3.63) is 0 Å². The quantitative estimate of drug-likeness (QED) is 0.0688. The minimum atomic E-state index is -1.31. The van der Waals surface area contributed by atoms with E-state index in [-0.39, 0.29) is 11.0 Å². The molecule has 0 aromatic carbocycles. The average molecular weight is 518 g/mol. The second kappa shape index (κ2) is 25.7. The van der Waals surface area contributed by atoms with Crippen LogP contribution >= 0.6 is 12.6 Å². The summed E-state index contributed by atoms with van der Waals surface area (Å²) in [5.74, 6) is -1.80. The third kappa shape index (κ3) is 18.9. The molecular weight excluding hydrogens is 464 g/mol. The summed E-state index contributed by atoms with van der Waals surface area (Å²) in [5.41, 5.74) is 0. The molecule has 0 N–H and O–H groups in total. The van der Waals surface area contributed by atoms with Gasteiger partial charge in [-0.3, -0.25) is 4.79 Å². The maximum absolute atomic E-state index is 12.4. The van der Waals surface area contributed by atoms with Crippen molar-refractivity contribution >= 4 is 34.2 Å². The Labute approximate surface area is 219 Å². The highest BCUT2D eigenvalue weighted by Gasteiger charge is 2.47. The lowest BCUT2D eigenvalue weighted by Gasteiger charge is -2.35. The predicted molar refractivity (Wildman–Crippen MR) is 146 cm³/mol. The molecule has 0 aromatic heterocycles.